The highest BCUT2D eigenvalue weighted by Gasteiger charge is 2.43. The number of alkyl halides is 3. The second-order valence-electron chi connectivity index (χ2n) is 3.85. The van der Waals surface area contributed by atoms with Crippen LogP contribution in [0.1, 0.15) is 12.8 Å². The molecule has 0 aliphatic heterocycles. The molecule has 0 bridgehead atoms. The molecule has 0 heterocycles. The average Bonchev–Trinajstić information content (AvgIpc) is 2.84. The number of halogens is 3. The molecule has 1 aliphatic carbocycles. The van der Waals surface area contributed by atoms with Crippen LogP contribution in [0.3, 0.4) is 0 Å². The first-order chi connectivity index (χ1) is 6.40. The highest BCUT2D eigenvalue weighted by Crippen LogP contribution is 2.44. The van der Waals surface area contributed by atoms with Gasteiger partial charge in [0.1, 0.15) is 0 Å². The van der Waals surface area contributed by atoms with Crippen molar-refractivity contribution in [2.75, 3.05) is 19.7 Å². The van der Waals surface area contributed by atoms with E-state index in [0.717, 1.165) is 12.8 Å². The molecule has 14 heavy (non-hydrogen) atoms. The Morgan fingerprint density at radius 3 is 2.29 bits per heavy atom. The lowest BCUT2D eigenvalue weighted by molar-refractivity contribution is -0.201. The van der Waals surface area contributed by atoms with Gasteiger partial charge in [0.25, 0.3) is 0 Å². The number of nitrogens with one attached hydrogen (secondary N) is 1. The molecule has 6 heteroatoms. The van der Waals surface area contributed by atoms with Crippen molar-refractivity contribution < 1.29 is 23.4 Å². The minimum absolute atomic E-state index is 0.0118. The van der Waals surface area contributed by atoms with Crippen molar-refractivity contribution in [3.8, 4) is 0 Å². The van der Waals surface area contributed by atoms with E-state index in [1.807, 2.05) is 0 Å². The maximum Gasteiger partial charge on any atom is 0.415 e. The molecular formula is C8H14F3NO2. The number of aliphatic hydroxyl groups excluding tert-OH is 2. The first-order valence-electron chi connectivity index (χ1n) is 4.46. The second kappa shape index (κ2) is 4.04. The number of aliphatic hydroxyl groups is 2. The van der Waals surface area contributed by atoms with Crippen LogP contribution in [-0.4, -0.2) is 42.2 Å². The second-order valence-corrected chi connectivity index (χ2v) is 3.85. The van der Waals surface area contributed by atoms with Gasteiger partial charge in [0.2, 0.25) is 0 Å². The van der Waals surface area contributed by atoms with Gasteiger partial charge in [0.05, 0.1) is 0 Å². The molecule has 1 unspecified atom stereocenters. The molecule has 1 rings (SSSR count). The summed E-state index contributed by atoms with van der Waals surface area (Å²) in [6.07, 6.45) is -5.22. The zero-order valence-corrected chi connectivity index (χ0v) is 7.64. The largest absolute Gasteiger partial charge is 0.415 e. The van der Waals surface area contributed by atoms with Crippen molar-refractivity contribution in [3.63, 3.8) is 0 Å². The Balaban J connectivity index is 2.15. The monoisotopic (exact) mass is 213 g/mol. The van der Waals surface area contributed by atoms with Gasteiger partial charge in [-0.3, -0.25) is 0 Å². The zero-order valence-electron chi connectivity index (χ0n) is 7.64. The van der Waals surface area contributed by atoms with E-state index in [-0.39, 0.29) is 12.0 Å². The molecule has 0 aromatic rings. The third kappa shape index (κ3) is 3.11. The third-order valence-electron chi connectivity index (χ3n) is 2.51. The summed E-state index contributed by atoms with van der Waals surface area (Å²) in [4.78, 5) is 0. The molecule has 0 aromatic heterocycles. The van der Waals surface area contributed by atoms with Crippen LogP contribution < -0.4 is 5.32 Å². The summed E-state index contributed by atoms with van der Waals surface area (Å²) in [5, 5.41) is 20.0. The normalized spacial score (nSPS) is 22.1. The van der Waals surface area contributed by atoms with E-state index >= 15 is 0 Å². The van der Waals surface area contributed by atoms with Crippen molar-refractivity contribution in [1.82, 2.24) is 5.32 Å². The highest BCUT2D eigenvalue weighted by atomic mass is 19.4. The number of hydrogen-bond acceptors (Lipinski definition) is 3. The first-order valence-corrected chi connectivity index (χ1v) is 4.46. The molecule has 3 nitrogen and oxygen atoms in total. The lowest BCUT2D eigenvalue weighted by atomic mass is 10.1. The summed E-state index contributed by atoms with van der Waals surface area (Å²) >= 11 is 0. The van der Waals surface area contributed by atoms with Crippen LogP contribution in [0.4, 0.5) is 13.2 Å². The van der Waals surface area contributed by atoms with E-state index in [4.69, 9.17) is 10.2 Å². The van der Waals surface area contributed by atoms with E-state index in [1.165, 1.54) is 0 Å². The summed E-state index contributed by atoms with van der Waals surface area (Å²) < 4.78 is 35.5. The van der Waals surface area contributed by atoms with Gasteiger partial charge in [0, 0.05) is 25.1 Å². The maximum absolute atomic E-state index is 11.8. The smallest absolute Gasteiger partial charge is 0.396 e. The summed E-state index contributed by atoms with van der Waals surface area (Å²) in [5.41, 5.74) is -0.231. The Kier molecular flexibility index (Phi) is 3.39. The minimum atomic E-state index is -4.57. The molecule has 1 atom stereocenters. The van der Waals surface area contributed by atoms with Crippen LogP contribution in [0.5, 0.6) is 0 Å². The van der Waals surface area contributed by atoms with E-state index in [2.05, 4.69) is 5.32 Å². The SMILES string of the molecule is OCC1(CNCC(O)C(F)(F)F)CC1. The molecular weight excluding hydrogens is 199 g/mol. The summed E-state index contributed by atoms with van der Waals surface area (Å²) in [6.45, 7) is -0.190. The van der Waals surface area contributed by atoms with Crippen LogP contribution in [0.25, 0.3) is 0 Å². The number of hydrogen-bond donors (Lipinski definition) is 3. The van der Waals surface area contributed by atoms with Crippen molar-refractivity contribution in [3.05, 3.63) is 0 Å². The van der Waals surface area contributed by atoms with Gasteiger partial charge in [-0.15, -0.1) is 0 Å². The fourth-order valence-electron chi connectivity index (χ4n) is 1.16. The lowest BCUT2D eigenvalue weighted by Gasteiger charge is -2.17. The minimum Gasteiger partial charge on any atom is -0.396 e. The average molecular weight is 213 g/mol. The highest BCUT2D eigenvalue weighted by molar-refractivity contribution is 4.94. The van der Waals surface area contributed by atoms with Crippen LogP contribution >= 0.6 is 0 Å². The van der Waals surface area contributed by atoms with Gasteiger partial charge < -0.3 is 15.5 Å². The lowest BCUT2D eigenvalue weighted by Crippen LogP contribution is -2.40. The summed E-state index contributed by atoms with van der Waals surface area (Å²) in [5.74, 6) is 0. The van der Waals surface area contributed by atoms with Gasteiger partial charge in [-0.05, 0) is 12.8 Å². The van der Waals surface area contributed by atoms with Crippen molar-refractivity contribution in [1.29, 1.82) is 0 Å². The topological polar surface area (TPSA) is 52.5 Å². The predicted molar refractivity (Wildman–Crippen MR) is 43.7 cm³/mol. The van der Waals surface area contributed by atoms with E-state index in [0.29, 0.717) is 6.54 Å². The van der Waals surface area contributed by atoms with Gasteiger partial charge in [-0.25, -0.2) is 0 Å². The molecule has 0 radical (unpaired) electrons. The predicted octanol–water partition coefficient (Wildman–Crippen LogP) is 0.272. The molecule has 0 saturated heterocycles. The molecule has 0 spiro atoms. The third-order valence-corrected chi connectivity index (χ3v) is 2.51. The van der Waals surface area contributed by atoms with Crippen molar-refractivity contribution in [2.45, 2.75) is 25.1 Å². The fourth-order valence-corrected chi connectivity index (χ4v) is 1.16. The Hall–Kier alpha value is -0.330. The quantitative estimate of drug-likeness (QED) is 0.614. The van der Waals surface area contributed by atoms with Gasteiger partial charge in [-0.2, -0.15) is 13.2 Å². The zero-order chi connectivity index (χ0) is 10.8. The van der Waals surface area contributed by atoms with E-state index < -0.39 is 18.8 Å². The molecule has 1 aliphatic rings. The van der Waals surface area contributed by atoms with Crippen molar-refractivity contribution >= 4 is 0 Å². The molecule has 0 amide bonds. The van der Waals surface area contributed by atoms with Gasteiger partial charge in [-0.1, -0.05) is 0 Å². The molecule has 3 N–H and O–H groups in total. The Morgan fingerprint density at radius 1 is 1.36 bits per heavy atom. The van der Waals surface area contributed by atoms with E-state index in [1.54, 1.807) is 0 Å². The Morgan fingerprint density at radius 2 is 1.93 bits per heavy atom. The van der Waals surface area contributed by atoms with Crippen molar-refractivity contribution in [2.24, 2.45) is 5.41 Å². The molecule has 84 valence electrons. The molecule has 1 fully saturated rings. The first kappa shape index (κ1) is 11.7. The van der Waals surface area contributed by atoms with E-state index in [9.17, 15) is 13.2 Å². The Bertz CT molecular complexity index is 192. The summed E-state index contributed by atoms with van der Waals surface area (Å²) in [6, 6.07) is 0. The number of rotatable bonds is 5. The van der Waals surface area contributed by atoms with Gasteiger partial charge in [0.15, 0.2) is 6.10 Å². The molecule has 0 aromatic carbocycles. The van der Waals surface area contributed by atoms with Gasteiger partial charge >= 0.3 is 6.18 Å². The van der Waals surface area contributed by atoms with Crippen LogP contribution in [-0.2, 0) is 0 Å². The molecule has 1 saturated carbocycles. The van der Waals surface area contributed by atoms with Crippen LogP contribution in [0.15, 0.2) is 0 Å². The fraction of sp³-hybridized carbons (Fsp3) is 1.00. The van der Waals surface area contributed by atoms with Crippen LogP contribution in [0, 0.1) is 5.41 Å². The van der Waals surface area contributed by atoms with Crippen LogP contribution in [0.2, 0.25) is 0 Å². The maximum atomic E-state index is 11.8. The Labute approximate surface area is 79.9 Å². The standard InChI is InChI=1S/C8H14F3NO2/c9-8(10,11)6(14)3-12-4-7(5-13)1-2-7/h6,12-14H,1-5H2. The summed E-state index contributed by atoms with van der Waals surface area (Å²) in [7, 11) is 0.